The number of ether oxygens (including phenoxy) is 1. The number of nitrogens with zero attached hydrogens (tertiary/aromatic N) is 3. The molecule has 3 N–H and O–H groups in total. The third kappa shape index (κ3) is 4.95. The van der Waals surface area contributed by atoms with Gasteiger partial charge in [-0.1, -0.05) is 12.1 Å². The first-order valence-electron chi connectivity index (χ1n) is 12.8. The van der Waals surface area contributed by atoms with Crippen LogP contribution in [0, 0.1) is 5.92 Å². The summed E-state index contributed by atoms with van der Waals surface area (Å²) in [6.07, 6.45) is -6.83. The topological polar surface area (TPSA) is 141 Å². The molecular weight excluding hydrogens is 570 g/mol. The molecule has 218 valence electrons. The molecule has 7 rings (SSSR count). The normalized spacial score (nSPS) is 25.4. The van der Waals surface area contributed by atoms with Crippen molar-refractivity contribution < 1.29 is 39.9 Å². The highest BCUT2D eigenvalue weighted by molar-refractivity contribution is 7.91. The summed E-state index contributed by atoms with van der Waals surface area (Å²) in [5.74, 6) is -0.610. The van der Waals surface area contributed by atoms with Crippen molar-refractivity contribution >= 4 is 21.4 Å². The van der Waals surface area contributed by atoms with Crippen LogP contribution < -0.4 is 20.7 Å². The summed E-state index contributed by atoms with van der Waals surface area (Å²) < 4.78 is 87.9. The molecule has 3 aromatic rings. The van der Waals surface area contributed by atoms with Gasteiger partial charge in [-0.05, 0) is 61.2 Å². The molecule has 1 aromatic heterocycles. The smallest absolute Gasteiger partial charge is 0.428 e. The summed E-state index contributed by atoms with van der Waals surface area (Å²) >= 11 is 0. The zero-order valence-electron chi connectivity index (χ0n) is 21.4. The Labute approximate surface area is 231 Å². The molecule has 0 unspecified atom stereocenters. The van der Waals surface area contributed by atoms with Gasteiger partial charge in [-0.15, -0.1) is 10.2 Å². The van der Waals surface area contributed by atoms with Crippen LogP contribution >= 0.6 is 0 Å². The fourth-order valence-corrected chi connectivity index (χ4v) is 7.26. The van der Waals surface area contributed by atoms with E-state index in [1.165, 1.54) is 35.2 Å². The third-order valence-electron chi connectivity index (χ3n) is 7.72. The number of fused-ring (bicyclic) bond motifs is 3. The van der Waals surface area contributed by atoms with Crippen molar-refractivity contribution in [2.75, 3.05) is 23.7 Å². The van der Waals surface area contributed by atoms with Gasteiger partial charge in [-0.25, -0.2) is 8.42 Å². The minimum absolute atomic E-state index is 0.0333. The van der Waals surface area contributed by atoms with Crippen LogP contribution in [-0.2, 0) is 26.6 Å². The monoisotopic (exact) mass is 595 g/mol. The first kappa shape index (κ1) is 27.6. The fourth-order valence-electron chi connectivity index (χ4n) is 5.70. The summed E-state index contributed by atoms with van der Waals surface area (Å²) in [5.41, 5.74) is 6.53. The second kappa shape index (κ2) is 9.77. The molecular formula is C26H25F4N5O5S. The molecule has 2 aromatic carbocycles. The van der Waals surface area contributed by atoms with Gasteiger partial charge in [0.25, 0.3) is 0 Å². The van der Waals surface area contributed by atoms with Crippen molar-refractivity contribution in [3.8, 4) is 17.2 Å². The summed E-state index contributed by atoms with van der Waals surface area (Å²) in [5, 5.41) is 11.8. The highest BCUT2D eigenvalue weighted by Crippen LogP contribution is 2.49. The Kier molecular flexibility index (Phi) is 6.58. The number of carbonyl (C=O) groups is 1. The minimum Gasteiger partial charge on any atom is -0.428 e. The molecule has 1 saturated carbocycles. The number of aromatic nitrogens is 2. The van der Waals surface area contributed by atoms with Crippen molar-refractivity contribution in [1.82, 2.24) is 15.5 Å². The highest BCUT2D eigenvalue weighted by Gasteiger charge is 2.52. The van der Waals surface area contributed by atoms with E-state index in [-0.39, 0.29) is 28.4 Å². The van der Waals surface area contributed by atoms with Crippen molar-refractivity contribution in [2.24, 2.45) is 11.7 Å². The zero-order valence-corrected chi connectivity index (χ0v) is 22.2. The van der Waals surface area contributed by atoms with E-state index < -0.39 is 45.8 Å². The number of rotatable bonds is 7. The third-order valence-corrected chi connectivity index (χ3v) is 9.53. The minimum atomic E-state index is -4.68. The largest absolute Gasteiger partial charge is 0.461 e. The molecule has 10 nitrogen and oxygen atoms in total. The number of hydrogen-bond acceptors (Lipinski definition) is 9. The SMILES string of the molecule is N[C@H]1CS(=O)(=O)c2ccc(-c3nnc(C45CNCC(C4)C5)o3)cc2N(Cc2ccc(OC(F)(F)C(F)F)cc2)C1=O. The number of halogens is 4. The number of hydrogen-bond donors (Lipinski definition) is 2. The maximum atomic E-state index is 13.3. The number of benzene rings is 2. The predicted molar refractivity (Wildman–Crippen MR) is 136 cm³/mol. The van der Waals surface area contributed by atoms with E-state index in [9.17, 15) is 30.8 Å². The number of nitrogens with two attached hydrogens (primary N) is 1. The summed E-state index contributed by atoms with van der Waals surface area (Å²) in [6, 6.07) is 7.65. The highest BCUT2D eigenvalue weighted by atomic mass is 32.2. The molecule has 1 amide bonds. The number of anilines is 1. The lowest BCUT2D eigenvalue weighted by atomic mass is 9.59. The fraction of sp³-hybridized carbons (Fsp3) is 0.423. The van der Waals surface area contributed by atoms with E-state index in [1.54, 1.807) is 0 Å². The van der Waals surface area contributed by atoms with E-state index in [1.807, 2.05) is 0 Å². The maximum absolute atomic E-state index is 13.3. The van der Waals surface area contributed by atoms with Gasteiger partial charge >= 0.3 is 12.5 Å². The van der Waals surface area contributed by atoms with Crippen LogP contribution in [0.5, 0.6) is 5.75 Å². The van der Waals surface area contributed by atoms with Gasteiger partial charge in [-0.3, -0.25) is 4.79 Å². The van der Waals surface area contributed by atoms with Crippen LogP contribution in [0.1, 0.15) is 24.3 Å². The average Bonchev–Trinajstić information content (AvgIpc) is 3.40. The van der Waals surface area contributed by atoms with Gasteiger partial charge in [0.1, 0.15) is 5.75 Å². The van der Waals surface area contributed by atoms with E-state index in [4.69, 9.17) is 10.2 Å². The second-order valence-electron chi connectivity index (χ2n) is 10.7. The molecule has 41 heavy (non-hydrogen) atoms. The summed E-state index contributed by atoms with van der Waals surface area (Å²) in [4.78, 5) is 14.4. The molecule has 0 radical (unpaired) electrons. The molecule has 1 aliphatic carbocycles. The quantitative estimate of drug-likeness (QED) is 0.395. The number of amides is 1. The predicted octanol–water partition coefficient (Wildman–Crippen LogP) is 2.87. The molecule has 2 saturated heterocycles. The maximum Gasteiger partial charge on any atom is 0.461 e. The first-order chi connectivity index (χ1) is 19.4. The van der Waals surface area contributed by atoms with Gasteiger partial charge in [0, 0.05) is 12.1 Å². The van der Waals surface area contributed by atoms with Gasteiger partial charge in [0.2, 0.25) is 17.7 Å². The summed E-state index contributed by atoms with van der Waals surface area (Å²) in [6.45, 7) is 1.47. The van der Waals surface area contributed by atoms with Crippen LogP contribution in [0.25, 0.3) is 11.5 Å². The molecule has 15 heteroatoms. The Morgan fingerprint density at radius 1 is 1.17 bits per heavy atom. The molecule has 3 fully saturated rings. The average molecular weight is 596 g/mol. The zero-order chi connectivity index (χ0) is 29.2. The van der Waals surface area contributed by atoms with Gasteiger partial charge < -0.3 is 25.1 Å². The molecule has 2 bridgehead atoms. The summed E-state index contributed by atoms with van der Waals surface area (Å²) in [7, 11) is -3.97. The number of piperidine rings is 2. The van der Waals surface area contributed by atoms with E-state index in [0.29, 0.717) is 22.9 Å². The van der Waals surface area contributed by atoms with Gasteiger partial charge in [0.05, 0.1) is 34.3 Å². The van der Waals surface area contributed by atoms with Crippen LogP contribution in [0.15, 0.2) is 51.8 Å². The Hall–Kier alpha value is -3.56. The van der Waals surface area contributed by atoms with Crippen LogP contribution in [0.4, 0.5) is 23.2 Å². The Balaban J connectivity index is 1.33. The molecule has 4 heterocycles. The lowest BCUT2D eigenvalue weighted by Crippen LogP contribution is -2.57. The lowest BCUT2D eigenvalue weighted by Gasteiger charge is -2.50. The number of nitrogens with one attached hydrogen (secondary N) is 1. The van der Waals surface area contributed by atoms with Crippen molar-refractivity contribution in [3.05, 3.63) is 53.9 Å². The van der Waals surface area contributed by atoms with Gasteiger partial charge in [-0.2, -0.15) is 17.6 Å². The number of alkyl halides is 4. The Bertz CT molecular complexity index is 1590. The van der Waals surface area contributed by atoms with Crippen LogP contribution in [0.3, 0.4) is 0 Å². The molecule has 4 aliphatic rings. The Morgan fingerprint density at radius 3 is 2.56 bits per heavy atom. The van der Waals surface area contributed by atoms with Crippen molar-refractivity contribution in [3.63, 3.8) is 0 Å². The molecule has 0 spiro atoms. The number of carbonyl (C=O) groups excluding carboxylic acids is 1. The van der Waals surface area contributed by atoms with Crippen molar-refractivity contribution in [1.29, 1.82) is 0 Å². The van der Waals surface area contributed by atoms with E-state index >= 15 is 0 Å². The molecule has 3 aliphatic heterocycles. The molecule has 1 atom stereocenters. The Morgan fingerprint density at radius 2 is 1.90 bits per heavy atom. The van der Waals surface area contributed by atoms with E-state index in [2.05, 4.69) is 20.3 Å². The standard InChI is InChI=1S/C26H25F4N5O5S/c27-23(28)26(29,30)40-17-4-1-14(2-5-17)11-35-19-7-16(3-6-20(19)41(37,38)12-18(31)22(35)36)21-33-34-24(39-21)25-8-15(9-25)10-32-13-25/h1-7,15,18,23,32H,8-13,31H2/t15?,18-,25?/m0/s1. The second-order valence-corrected chi connectivity index (χ2v) is 12.7. The van der Waals surface area contributed by atoms with E-state index in [0.717, 1.165) is 38.1 Å². The lowest BCUT2D eigenvalue weighted by molar-refractivity contribution is -0.253. The van der Waals surface area contributed by atoms with Crippen LogP contribution in [-0.4, -0.2) is 61.9 Å². The van der Waals surface area contributed by atoms with Crippen molar-refractivity contribution in [2.45, 2.75) is 48.3 Å². The van der Waals surface area contributed by atoms with Crippen LogP contribution in [0.2, 0.25) is 0 Å². The number of sulfone groups is 1. The van der Waals surface area contributed by atoms with Gasteiger partial charge in [0.15, 0.2) is 9.84 Å². The first-order valence-corrected chi connectivity index (χ1v) is 14.4.